The fourth-order valence-electron chi connectivity index (χ4n) is 5.13. The lowest BCUT2D eigenvalue weighted by Gasteiger charge is -2.23. The molecule has 0 saturated heterocycles. The van der Waals surface area contributed by atoms with Gasteiger partial charge in [-0.2, -0.15) is 0 Å². The van der Waals surface area contributed by atoms with Crippen LogP contribution in [0.1, 0.15) is 48.2 Å². The molecule has 3 nitrogen and oxygen atoms in total. The number of thiophene rings is 1. The van der Waals surface area contributed by atoms with Gasteiger partial charge >= 0.3 is 0 Å². The zero-order chi connectivity index (χ0) is 18.2. The van der Waals surface area contributed by atoms with Crippen LogP contribution in [0.3, 0.4) is 0 Å². The van der Waals surface area contributed by atoms with Crippen LogP contribution in [0.4, 0.5) is 0 Å². The first kappa shape index (κ1) is 17.1. The van der Waals surface area contributed by atoms with Crippen molar-refractivity contribution in [3.05, 3.63) is 59.1 Å². The quantitative estimate of drug-likeness (QED) is 0.624. The first-order valence-electron chi connectivity index (χ1n) is 10.2. The van der Waals surface area contributed by atoms with Gasteiger partial charge in [-0.3, -0.25) is 4.79 Å². The van der Waals surface area contributed by atoms with Crippen molar-refractivity contribution in [1.82, 2.24) is 9.88 Å². The van der Waals surface area contributed by atoms with E-state index in [0.717, 1.165) is 31.0 Å². The number of hydrogen-bond acceptors (Lipinski definition) is 2. The van der Waals surface area contributed by atoms with E-state index >= 15 is 0 Å². The number of nitrogens with zero attached hydrogens (tertiary/aromatic N) is 1. The molecule has 1 amide bonds. The highest BCUT2D eigenvalue weighted by molar-refractivity contribution is 7.16. The average molecular weight is 379 g/mol. The van der Waals surface area contributed by atoms with Gasteiger partial charge in [-0.05, 0) is 67.0 Å². The van der Waals surface area contributed by atoms with Gasteiger partial charge in [-0.1, -0.05) is 36.8 Å². The molecular weight excluding hydrogens is 352 g/mol. The Bertz CT molecular complexity index is 942. The summed E-state index contributed by atoms with van der Waals surface area (Å²) < 4.78 is 2.24. The van der Waals surface area contributed by atoms with Crippen molar-refractivity contribution in [2.24, 2.45) is 11.8 Å². The lowest BCUT2D eigenvalue weighted by molar-refractivity contribution is 0.0914. The molecule has 2 bridgehead atoms. The molecule has 2 heterocycles. The number of fused-ring (bicyclic) bond motifs is 3. The first-order chi connectivity index (χ1) is 13.3. The second-order valence-corrected chi connectivity index (χ2v) is 9.10. The number of hydrogen-bond donors (Lipinski definition) is 1. The van der Waals surface area contributed by atoms with Crippen molar-refractivity contribution in [2.75, 3.05) is 0 Å². The molecule has 2 aliphatic carbocycles. The molecule has 5 rings (SSSR count). The summed E-state index contributed by atoms with van der Waals surface area (Å²) in [4.78, 5) is 14.3. The number of carbonyl (C=O) groups excluding carboxylic acids is 1. The predicted octanol–water partition coefficient (Wildman–Crippen LogP) is 5.25. The number of aromatic nitrogens is 1. The second-order valence-electron chi connectivity index (χ2n) is 8.21. The van der Waals surface area contributed by atoms with Crippen molar-refractivity contribution in [2.45, 2.75) is 51.1 Å². The second kappa shape index (κ2) is 7.16. The van der Waals surface area contributed by atoms with Gasteiger partial charge in [-0.15, -0.1) is 11.3 Å². The molecule has 27 heavy (non-hydrogen) atoms. The van der Waals surface area contributed by atoms with Gasteiger partial charge in [0, 0.05) is 18.0 Å². The summed E-state index contributed by atoms with van der Waals surface area (Å²) in [7, 11) is 0. The van der Waals surface area contributed by atoms with Crippen LogP contribution < -0.4 is 5.32 Å². The van der Waals surface area contributed by atoms with Crippen LogP contribution in [0, 0.1) is 11.8 Å². The summed E-state index contributed by atoms with van der Waals surface area (Å²) in [5, 5.41) is 6.68. The van der Waals surface area contributed by atoms with Crippen LogP contribution in [-0.2, 0) is 13.0 Å². The third-order valence-corrected chi connectivity index (χ3v) is 7.43. The van der Waals surface area contributed by atoms with Crippen LogP contribution in [-0.4, -0.2) is 16.5 Å². The average Bonchev–Trinajstić information content (AvgIpc) is 3.44. The van der Waals surface area contributed by atoms with E-state index in [4.69, 9.17) is 0 Å². The van der Waals surface area contributed by atoms with Crippen molar-refractivity contribution in [3.8, 4) is 0 Å². The molecule has 2 saturated carbocycles. The normalized spacial score (nSPS) is 23.9. The number of nitrogens with one attached hydrogen (secondary N) is 1. The lowest BCUT2D eigenvalue weighted by Crippen LogP contribution is -2.39. The lowest BCUT2D eigenvalue weighted by atomic mass is 9.95. The number of carbonyl (C=O) groups is 1. The van der Waals surface area contributed by atoms with E-state index in [1.807, 2.05) is 0 Å². The van der Waals surface area contributed by atoms with Crippen molar-refractivity contribution >= 4 is 27.5 Å². The molecule has 1 aromatic carbocycles. The summed E-state index contributed by atoms with van der Waals surface area (Å²) in [6.45, 7) is 0.887. The highest BCUT2D eigenvalue weighted by Gasteiger charge is 2.40. The van der Waals surface area contributed by atoms with E-state index in [1.54, 1.807) is 11.3 Å². The summed E-state index contributed by atoms with van der Waals surface area (Å²) in [6, 6.07) is 15.2. The third-order valence-electron chi connectivity index (χ3n) is 6.48. The molecule has 2 aromatic heterocycles. The fraction of sp³-hybridized carbons (Fsp3) is 0.435. The zero-order valence-electron chi connectivity index (χ0n) is 15.6. The van der Waals surface area contributed by atoms with Crippen LogP contribution >= 0.6 is 11.3 Å². The topological polar surface area (TPSA) is 34.0 Å². The number of rotatable bonds is 6. The SMILES string of the molecule is O=C(N[C@H]1C[C@H]2CC[C@H]1C2)c1cc2ccsc2n1CCCc1ccccc1. The fourth-order valence-corrected chi connectivity index (χ4v) is 6.06. The summed E-state index contributed by atoms with van der Waals surface area (Å²) in [6.07, 6.45) is 7.24. The monoisotopic (exact) mass is 378 g/mol. The predicted molar refractivity (Wildman–Crippen MR) is 111 cm³/mol. The number of aryl methyl sites for hydroxylation is 2. The molecule has 4 heteroatoms. The number of benzene rings is 1. The van der Waals surface area contributed by atoms with Crippen LogP contribution in [0.15, 0.2) is 47.8 Å². The molecule has 1 N–H and O–H groups in total. The van der Waals surface area contributed by atoms with E-state index in [-0.39, 0.29) is 5.91 Å². The highest BCUT2D eigenvalue weighted by Crippen LogP contribution is 2.44. The minimum Gasteiger partial charge on any atom is -0.348 e. The summed E-state index contributed by atoms with van der Waals surface area (Å²) in [5.41, 5.74) is 2.20. The molecule has 3 aromatic rings. The highest BCUT2D eigenvalue weighted by atomic mass is 32.1. The Kier molecular flexibility index (Phi) is 4.52. The molecular formula is C23H26N2OS. The van der Waals surface area contributed by atoms with Gasteiger partial charge in [0.05, 0.1) is 0 Å². The number of amides is 1. The summed E-state index contributed by atoms with van der Waals surface area (Å²) in [5.74, 6) is 1.68. The maximum atomic E-state index is 13.1. The van der Waals surface area contributed by atoms with Crippen molar-refractivity contribution in [3.63, 3.8) is 0 Å². The Morgan fingerprint density at radius 2 is 2.04 bits per heavy atom. The molecule has 140 valence electrons. The van der Waals surface area contributed by atoms with Crippen LogP contribution in [0.25, 0.3) is 10.2 Å². The van der Waals surface area contributed by atoms with Gasteiger partial charge in [0.25, 0.3) is 5.91 Å². The third kappa shape index (κ3) is 3.31. The Labute approximate surface area is 164 Å². The van der Waals surface area contributed by atoms with E-state index < -0.39 is 0 Å². The maximum Gasteiger partial charge on any atom is 0.268 e. The van der Waals surface area contributed by atoms with Gasteiger partial charge in [0.15, 0.2) is 0 Å². The minimum absolute atomic E-state index is 0.121. The van der Waals surface area contributed by atoms with Gasteiger partial charge in [-0.25, -0.2) is 0 Å². The first-order valence-corrected chi connectivity index (χ1v) is 11.1. The summed E-state index contributed by atoms with van der Waals surface area (Å²) >= 11 is 1.74. The van der Waals surface area contributed by atoms with Crippen molar-refractivity contribution < 1.29 is 4.79 Å². The van der Waals surface area contributed by atoms with E-state index in [1.165, 1.54) is 41.5 Å². The largest absolute Gasteiger partial charge is 0.348 e. The molecule has 0 radical (unpaired) electrons. The maximum absolute atomic E-state index is 13.1. The van der Waals surface area contributed by atoms with Crippen LogP contribution in [0.2, 0.25) is 0 Å². The van der Waals surface area contributed by atoms with Gasteiger partial charge in [0.2, 0.25) is 0 Å². The Balaban J connectivity index is 1.32. The molecule has 0 unspecified atom stereocenters. The minimum atomic E-state index is 0.121. The molecule has 0 spiro atoms. The standard InChI is InChI=1S/C23H26N2OS/c26-22(24-20-14-17-8-9-18(20)13-17)21-15-19-10-12-27-23(19)25(21)11-4-7-16-5-2-1-3-6-16/h1-3,5-6,10,12,15,17-18,20H,4,7-9,11,13-14H2,(H,24,26)/t17-,18-,20-/m0/s1. The van der Waals surface area contributed by atoms with Crippen LogP contribution in [0.5, 0.6) is 0 Å². The van der Waals surface area contributed by atoms with Crippen molar-refractivity contribution in [1.29, 1.82) is 0 Å². The molecule has 2 fully saturated rings. The molecule has 2 aliphatic rings. The van der Waals surface area contributed by atoms with E-state index in [0.29, 0.717) is 12.0 Å². The Morgan fingerprint density at radius 1 is 1.15 bits per heavy atom. The van der Waals surface area contributed by atoms with E-state index in [2.05, 4.69) is 57.7 Å². The molecule has 0 aliphatic heterocycles. The Morgan fingerprint density at radius 3 is 2.81 bits per heavy atom. The van der Waals surface area contributed by atoms with E-state index in [9.17, 15) is 4.79 Å². The van der Waals surface area contributed by atoms with Gasteiger partial charge in [0.1, 0.15) is 10.5 Å². The smallest absolute Gasteiger partial charge is 0.268 e. The van der Waals surface area contributed by atoms with Gasteiger partial charge < -0.3 is 9.88 Å². The molecule has 3 atom stereocenters. The zero-order valence-corrected chi connectivity index (χ0v) is 16.4. The Hall–Kier alpha value is -2.07.